The highest BCUT2D eigenvalue weighted by molar-refractivity contribution is 9.10. The van der Waals surface area contributed by atoms with Gasteiger partial charge in [-0.15, -0.1) is 0 Å². The fourth-order valence-corrected chi connectivity index (χ4v) is 2.94. The molecule has 1 nitrogen and oxygen atoms in total. The van der Waals surface area contributed by atoms with E-state index in [1.54, 1.807) is 6.07 Å². The molecule has 1 unspecified atom stereocenters. The number of aryl methyl sites for hydroxylation is 1. The van der Waals surface area contributed by atoms with Crippen LogP contribution in [0, 0.1) is 12.7 Å². The quantitative estimate of drug-likeness (QED) is 0.828. The van der Waals surface area contributed by atoms with Crippen LogP contribution < -0.4 is 5.32 Å². The molecule has 3 heteroatoms. The largest absolute Gasteiger partial charge is 0.310 e. The van der Waals surface area contributed by atoms with Crippen LogP contribution in [0.25, 0.3) is 0 Å². The normalized spacial score (nSPS) is 12.4. The molecule has 0 fully saturated rings. The van der Waals surface area contributed by atoms with Crippen LogP contribution in [0.3, 0.4) is 0 Å². The number of rotatable bonds is 5. The summed E-state index contributed by atoms with van der Waals surface area (Å²) >= 11 is 3.46. The Bertz CT molecular complexity index is 545. The molecule has 0 aromatic heterocycles. The maximum Gasteiger partial charge on any atom is 0.129 e. The van der Waals surface area contributed by atoms with E-state index in [2.05, 4.69) is 52.4 Å². The Balaban J connectivity index is 2.29. The topological polar surface area (TPSA) is 12.0 Å². The van der Waals surface area contributed by atoms with Crippen LogP contribution in [0.15, 0.2) is 46.9 Å². The summed E-state index contributed by atoms with van der Waals surface area (Å²) in [4.78, 5) is 0. The third kappa shape index (κ3) is 3.68. The van der Waals surface area contributed by atoms with Crippen LogP contribution in [0.1, 0.15) is 29.7 Å². The Morgan fingerprint density at radius 3 is 2.45 bits per heavy atom. The van der Waals surface area contributed by atoms with Crippen molar-refractivity contribution in [3.8, 4) is 0 Å². The van der Waals surface area contributed by atoms with Crippen molar-refractivity contribution >= 4 is 15.9 Å². The third-order valence-electron chi connectivity index (χ3n) is 3.36. The minimum atomic E-state index is -0.169. The molecule has 0 heterocycles. The van der Waals surface area contributed by atoms with E-state index in [0.717, 1.165) is 17.4 Å². The molecule has 20 heavy (non-hydrogen) atoms. The average Bonchev–Trinajstić information content (AvgIpc) is 2.41. The zero-order valence-electron chi connectivity index (χ0n) is 11.8. The number of hydrogen-bond donors (Lipinski definition) is 1. The van der Waals surface area contributed by atoms with Crippen LogP contribution in [-0.4, -0.2) is 6.54 Å². The van der Waals surface area contributed by atoms with Crippen molar-refractivity contribution in [2.45, 2.75) is 26.3 Å². The Morgan fingerprint density at radius 2 is 1.85 bits per heavy atom. The maximum absolute atomic E-state index is 14.1. The van der Waals surface area contributed by atoms with E-state index in [0.29, 0.717) is 5.56 Å². The fourth-order valence-electron chi connectivity index (χ4n) is 2.33. The summed E-state index contributed by atoms with van der Waals surface area (Å²) in [5.74, 6) is -0.169. The number of likely N-dealkylation sites (N-methyl/N-ethyl adjacent to an activating group) is 1. The highest BCUT2D eigenvalue weighted by atomic mass is 79.9. The van der Waals surface area contributed by atoms with Gasteiger partial charge in [-0.3, -0.25) is 0 Å². The van der Waals surface area contributed by atoms with E-state index in [1.165, 1.54) is 17.2 Å². The van der Waals surface area contributed by atoms with Crippen molar-refractivity contribution in [3.05, 3.63) is 69.4 Å². The minimum Gasteiger partial charge on any atom is -0.310 e. The summed E-state index contributed by atoms with van der Waals surface area (Å²) in [6.07, 6.45) is 0.771. The molecule has 0 aliphatic heterocycles. The standard InChI is InChI=1S/C17H19BrFN/c1-3-20-16(11-13-9-7-12(2)8-10-13)17-14(18)5-4-6-15(17)19/h4-10,16,20H,3,11H2,1-2H3. The monoisotopic (exact) mass is 335 g/mol. The van der Waals surface area contributed by atoms with Gasteiger partial charge in [0.1, 0.15) is 5.82 Å². The van der Waals surface area contributed by atoms with E-state index in [4.69, 9.17) is 0 Å². The molecule has 0 spiro atoms. The van der Waals surface area contributed by atoms with Crippen molar-refractivity contribution in [2.75, 3.05) is 6.54 Å². The Kier molecular flexibility index (Phi) is 5.32. The molecule has 2 aromatic rings. The molecule has 0 saturated heterocycles. The molecular formula is C17H19BrFN. The van der Waals surface area contributed by atoms with Gasteiger partial charge in [0.15, 0.2) is 0 Å². The van der Waals surface area contributed by atoms with Crippen molar-refractivity contribution in [1.82, 2.24) is 5.32 Å². The summed E-state index contributed by atoms with van der Waals surface area (Å²) in [6, 6.07) is 13.5. The van der Waals surface area contributed by atoms with Gasteiger partial charge in [-0.2, -0.15) is 0 Å². The molecule has 0 aliphatic carbocycles. The Morgan fingerprint density at radius 1 is 1.15 bits per heavy atom. The first-order chi connectivity index (χ1) is 9.61. The van der Waals surface area contributed by atoms with E-state index in [9.17, 15) is 4.39 Å². The lowest BCUT2D eigenvalue weighted by Crippen LogP contribution is -2.24. The molecule has 0 aliphatic rings. The highest BCUT2D eigenvalue weighted by Crippen LogP contribution is 2.28. The van der Waals surface area contributed by atoms with E-state index in [-0.39, 0.29) is 11.9 Å². The zero-order valence-corrected chi connectivity index (χ0v) is 13.4. The SMILES string of the molecule is CCNC(Cc1ccc(C)cc1)c1c(F)cccc1Br. The lowest BCUT2D eigenvalue weighted by molar-refractivity contribution is 0.507. The molecule has 0 bridgehead atoms. The molecular weight excluding hydrogens is 317 g/mol. The van der Waals surface area contributed by atoms with Gasteiger partial charge in [0, 0.05) is 16.1 Å². The maximum atomic E-state index is 14.1. The summed E-state index contributed by atoms with van der Waals surface area (Å²) < 4.78 is 14.9. The molecule has 0 saturated carbocycles. The third-order valence-corrected chi connectivity index (χ3v) is 4.05. The first-order valence-corrected chi connectivity index (χ1v) is 7.64. The first kappa shape index (κ1) is 15.2. The second-order valence-electron chi connectivity index (χ2n) is 4.94. The lowest BCUT2D eigenvalue weighted by Gasteiger charge is -2.20. The lowest BCUT2D eigenvalue weighted by atomic mass is 9.97. The van der Waals surface area contributed by atoms with E-state index in [1.807, 2.05) is 13.0 Å². The number of hydrogen-bond acceptors (Lipinski definition) is 1. The van der Waals surface area contributed by atoms with Crippen molar-refractivity contribution in [1.29, 1.82) is 0 Å². The molecule has 1 N–H and O–H groups in total. The van der Waals surface area contributed by atoms with Crippen molar-refractivity contribution in [2.24, 2.45) is 0 Å². The fraction of sp³-hybridized carbons (Fsp3) is 0.294. The van der Waals surface area contributed by atoms with Crippen molar-refractivity contribution < 1.29 is 4.39 Å². The van der Waals surface area contributed by atoms with Gasteiger partial charge in [0.25, 0.3) is 0 Å². The second kappa shape index (κ2) is 7.00. The van der Waals surface area contributed by atoms with E-state index < -0.39 is 0 Å². The summed E-state index contributed by atoms with van der Waals surface area (Å²) in [7, 11) is 0. The zero-order chi connectivity index (χ0) is 14.5. The number of nitrogens with one attached hydrogen (secondary N) is 1. The van der Waals surface area contributed by atoms with Gasteiger partial charge in [-0.1, -0.05) is 58.7 Å². The van der Waals surface area contributed by atoms with Gasteiger partial charge in [-0.25, -0.2) is 4.39 Å². The van der Waals surface area contributed by atoms with E-state index >= 15 is 0 Å². The number of benzene rings is 2. The van der Waals surface area contributed by atoms with Crippen LogP contribution in [0.2, 0.25) is 0 Å². The van der Waals surface area contributed by atoms with Crippen molar-refractivity contribution in [3.63, 3.8) is 0 Å². The highest BCUT2D eigenvalue weighted by Gasteiger charge is 2.18. The molecule has 0 radical (unpaired) electrons. The van der Waals surface area contributed by atoms with Crippen LogP contribution in [-0.2, 0) is 6.42 Å². The summed E-state index contributed by atoms with van der Waals surface area (Å²) in [6.45, 7) is 4.91. The van der Waals surface area contributed by atoms with Gasteiger partial charge < -0.3 is 5.32 Å². The van der Waals surface area contributed by atoms with Gasteiger partial charge >= 0.3 is 0 Å². The molecule has 106 valence electrons. The van der Waals surface area contributed by atoms with Crippen LogP contribution in [0.4, 0.5) is 4.39 Å². The molecule has 0 amide bonds. The second-order valence-corrected chi connectivity index (χ2v) is 5.79. The van der Waals surface area contributed by atoms with Gasteiger partial charge in [0.2, 0.25) is 0 Å². The predicted octanol–water partition coefficient (Wildman–Crippen LogP) is 4.79. The van der Waals surface area contributed by atoms with Gasteiger partial charge in [-0.05, 0) is 37.6 Å². The van der Waals surface area contributed by atoms with Gasteiger partial charge in [0.05, 0.1) is 0 Å². The predicted molar refractivity (Wildman–Crippen MR) is 85.4 cm³/mol. The van der Waals surface area contributed by atoms with Crippen LogP contribution >= 0.6 is 15.9 Å². The summed E-state index contributed by atoms with van der Waals surface area (Å²) in [5, 5.41) is 3.37. The average molecular weight is 336 g/mol. The summed E-state index contributed by atoms with van der Waals surface area (Å²) in [5.41, 5.74) is 3.15. The Hall–Kier alpha value is -1.19. The first-order valence-electron chi connectivity index (χ1n) is 6.84. The molecule has 2 aromatic carbocycles. The minimum absolute atomic E-state index is 0.0294. The Labute approximate surface area is 128 Å². The number of halogens is 2. The molecule has 1 atom stereocenters. The molecule has 2 rings (SSSR count). The van der Waals surface area contributed by atoms with Crippen LogP contribution in [0.5, 0.6) is 0 Å². The smallest absolute Gasteiger partial charge is 0.129 e.